The van der Waals surface area contributed by atoms with Gasteiger partial charge in [0.2, 0.25) is 11.8 Å². The quantitative estimate of drug-likeness (QED) is 0.708. The van der Waals surface area contributed by atoms with Crippen LogP contribution in [0.5, 0.6) is 0 Å². The van der Waals surface area contributed by atoms with E-state index < -0.39 is 6.04 Å². The van der Waals surface area contributed by atoms with E-state index >= 15 is 0 Å². The molecule has 0 aliphatic heterocycles. The minimum atomic E-state index is -0.596. The molecule has 0 aliphatic carbocycles. The largest absolute Gasteiger partial charge is 0.352 e. The summed E-state index contributed by atoms with van der Waals surface area (Å²) >= 11 is 6.31. The summed E-state index contributed by atoms with van der Waals surface area (Å²) in [6, 6.07) is 14.7. The third kappa shape index (κ3) is 5.83. The van der Waals surface area contributed by atoms with E-state index in [-0.39, 0.29) is 24.3 Å². The zero-order valence-electron chi connectivity index (χ0n) is 17.0. The van der Waals surface area contributed by atoms with Gasteiger partial charge in [-0.3, -0.25) is 9.59 Å². The second-order valence-corrected chi connectivity index (χ2v) is 7.62. The van der Waals surface area contributed by atoms with Crippen LogP contribution in [-0.2, 0) is 22.6 Å². The van der Waals surface area contributed by atoms with Crippen molar-refractivity contribution in [2.24, 2.45) is 0 Å². The second kappa shape index (κ2) is 10.3. The number of nitrogens with zero attached hydrogens (tertiary/aromatic N) is 1. The molecular formula is C23H29ClN2O2. The van der Waals surface area contributed by atoms with Crippen LogP contribution < -0.4 is 5.32 Å². The first-order valence-electron chi connectivity index (χ1n) is 9.71. The van der Waals surface area contributed by atoms with Gasteiger partial charge in [0.1, 0.15) is 6.04 Å². The Hall–Kier alpha value is -2.33. The molecular weight excluding hydrogens is 372 g/mol. The van der Waals surface area contributed by atoms with Gasteiger partial charge in [-0.15, -0.1) is 0 Å². The summed E-state index contributed by atoms with van der Waals surface area (Å²) in [5.41, 5.74) is 2.85. The van der Waals surface area contributed by atoms with Crippen LogP contribution in [0.15, 0.2) is 48.5 Å². The van der Waals surface area contributed by atoms with Gasteiger partial charge in [0.05, 0.1) is 6.42 Å². The van der Waals surface area contributed by atoms with Crippen molar-refractivity contribution in [1.29, 1.82) is 0 Å². The molecule has 0 bridgehead atoms. The zero-order chi connectivity index (χ0) is 20.7. The second-order valence-electron chi connectivity index (χ2n) is 7.21. The van der Waals surface area contributed by atoms with Gasteiger partial charge in [0.25, 0.3) is 0 Å². The van der Waals surface area contributed by atoms with Gasteiger partial charge in [-0.1, -0.05) is 61.0 Å². The van der Waals surface area contributed by atoms with Gasteiger partial charge < -0.3 is 10.2 Å². The summed E-state index contributed by atoms with van der Waals surface area (Å²) in [4.78, 5) is 27.5. The lowest BCUT2D eigenvalue weighted by atomic mass is 10.0. The van der Waals surface area contributed by atoms with E-state index in [9.17, 15) is 9.59 Å². The Balaban J connectivity index is 2.26. The van der Waals surface area contributed by atoms with Gasteiger partial charge in [-0.2, -0.15) is 0 Å². The summed E-state index contributed by atoms with van der Waals surface area (Å²) in [5.74, 6) is -0.249. The minimum absolute atomic E-state index is 0.0589. The highest BCUT2D eigenvalue weighted by Crippen LogP contribution is 2.20. The van der Waals surface area contributed by atoms with Crippen LogP contribution in [0.2, 0.25) is 5.02 Å². The Bertz CT molecular complexity index is 822. The minimum Gasteiger partial charge on any atom is -0.352 e. The van der Waals surface area contributed by atoms with Crippen molar-refractivity contribution in [3.63, 3.8) is 0 Å². The van der Waals surface area contributed by atoms with E-state index in [4.69, 9.17) is 11.6 Å². The van der Waals surface area contributed by atoms with Crippen molar-refractivity contribution in [2.45, 2.75) is 59.2 Å². The first-order chi connectivity index (χ1) is 13.3. The SMILES string of the molecule is CC[C@H](C)NC(=O)[C@H](C)N(Cc1ccccc1Cl)C(=O)Cc1ccccc1C. The molecule has 150 valence electrons. The Kier molecular flexibility index (Phi) is 8.06. The third-order valence-corrected chi connectivity index (χ3v) is 5.44. The predicted molar refractivity (Wildman–Crippen MR) is 114 cm³/mol. The number of amides is 2. The molecule has 0 aromatic heterocycles. The number of benzene rings is 2. The average Bonchev–Trinajstić information content (AvgIpc) is 2.68. The van der Waals surface area contributed by atoms with E-state index in [2.05, 4.69) is 5.32 Å². The molecule has 0 spiro atoms. The van der Waals surface area contributed by atoms with Crippen molar-refractivity contribution in [2.75, 3.05) is 0 Å². The van der Waals surface area contributed by atoms with Crippen molar-refractivity contribution >= 4 is 23.4 Å². The fourth-order valence-corrected chi connectivity index (χ4v) is 3.13. The zero-order valence-corrected chi connectivity index (χ0v) is 17.8. The Labute approximate surface area is 172 Å². The van der Waals surface area contributed by atoms with Crippen molar-refractivity contribution in [3.8, 4) is 0 Å². The molecule has 1 N–H and O–H groups in total. The van der Waals surface area contributed by atoms with E-state index in [1.54, 1.807) is 17.9 Å². The lowest BCUT2D eigenvalue weighted by Gasteiger charge is -2.30. The molecule has 2 rings (SSSR count). The van der Waals surface area contributed by atoms with Crippen LogP contribution in [0.4, 0.5) is 0 Å². The van der Waals surface area contributed by atoms with E-state index in [0.717, 1.165) is 23.1 Å². The van der Waals surface area contributed by atoms with Gasteiger partial charge >= 0.3 is 0 Å². The summed E-state index contributed by atoms with van der Waals surface area (Å²) in [7, 11) is 0. The molecule has 0 saturated carbocycles. The molecule has 0 heterocycles. The van der Waals surface area contributed by atoms with Crippen LogP contribution in [0.3, 0.4) is 0 Å². The van der Waals surface area contributed by atoms with Crippen LogP contribution in [0, 0.1) is 6.92 Å². The molecule has 2 aromatic carbocycles. The van der Waals surface area contributed by atoms with Crippen LogP contribution in [0.25, 0.3) is 0 Å². The molecule has 0 unspecified atom stereocenters. The number of halogens is 1. The summed E-state index contributed by atoms with van der Waals surface area (Å²) in [6.45, 7) is 8.02. The fraction of sp³-hybridized carbons (Fsp3) is 0.391. The number of rotatable bonds is 8. The molecule has 28 heavy (non-hydrogen) atoms. The highest BCUT2D eigenvalue weighted by atomic mass is 35.5. The molecule has 5 heteroatoms. The van der Waals surface area contributed by atoms with E-state index in [0.29, 0.717) is 11.6 Å². The van der Waals surface area contributed by atoms with Crippen molar-refractivity contribution in [3.05, 3.63) is 70.2 Å². The smallest absolute Gasteiger partial charge is 0.242 e. The van der Waals surface area contributed by atoms with Crippen LogP contribution in [-0.4, -0.2) is 28.8 Å². The number of hydrogen-bond acceptors (Lipinski definition) is 2. The number of nitrogens with one attached hydrogen (secondary N) is 1. The molecule has 0 saturated heterocycles. The lowest BCUT2D eigenvalue weighted by Crippen LogP contribution is -2.50. The maximum atomic E-state index is 13.2. The lowest BCUT2D eigenvalue weighted by molar-refractivity contribution is -0.140. The van der Waals surface area contributed by atoms with Gasteiger partial charge in [0.15, 0.2) is 0 Å². The van der Waals surface area contributed by atoms with Gasteiger partial charge in [-0.05, 0) is 49.9 Å². The average molecular weight is 401 g/mol. The Morgan fingerprint density at radius 2 is 1.64 bits per heavy atom. The van der Waals surface area contributed by atoms with Crippen molar-refractivity contribution in [1.82, 2.24) is 10.2 Å². The predicted octanol–water partition coefficient (Wildman–Crippen LogP) is 4.52. The molecule has 0 aliphatic rings. The summed E-state index contributed by atoms with van der Waals surface area (Å²) < 4.78 is 0. The monoisotopic (exact) mass is 400 g/mol. The first-order valence-corrected chi connectivity index (χ1v) is 10.1. The third-order valence-electron chi connectivity index (χ3n) is 5.07. The van der Waals surface area contributed by atoms with Crippen molar-refractivity contribution < 1.29 is 9.59 Å². The Morgan fingerprint density at radius 1 is 1.04 bits per heavy atom. The van der Waals surface area contributed by atoms with Crippen LogP contribution in [0.1, 0.15) is 43.9 Å². The Morgan fingerprint density at radius 3 is 2.25 bits per heavy atom. The van der Waals surface area contributed by atoms with Gasteiger partial charge in [-0.25, -0.2) is 0 Å². The molecule has 2 aromatic rings. The summed E-state index contributed by atoms with van der Waals surface area (Å²) in [5, 5.41) is 3.56. The number of hydrogen-bond donors (Lipinski definition) is 1. The topological polar surface area (TPSA) is 49.4 Å². The number of carbonyl (C=O) groups excluding carboxylic acids is 2. The maximum absolute atomic E-state index is 13.2. The standard InChI is InChI=1S/C23H29ClN2O2/c1-5-17(3)25-23(28)18(4)26(15-20-12-8-9-13-21(20)24)22(27)14-19-11-7-6-10-16(19)2/h6-13,17-18H,5,14-15H2,1-4H3,(H,25,28)/t17-,18-/m0/s1. The highest BCUT2D eigenvalue weighted by molar-refractivity contribution is 6.31. The van der Waals surface area contributed by atoms with E-state index in [1.165, 1.54) is 0 Å². The molecule has 0 radical (unpaired) electrons. The first kappa shape index (κ1) is 22.0. The molecule has 0 fully saturated rings. The fourth-order valence-electron chi connectivity index (χ4n) is 2.93. The number of aryl methyl sites for hydroxylation is 1. The van der Waals surface area contributed by atoms with E-state index in [1.807, 2.05) is 63.2 Å². The normalized spacial score (nSPS) is 12.9. The maximum Gasteiger partial charge on any atom is 0.242 e. The van der Waals surface area contributed by atoms with Gasteiger partial charge in [0, 0.05) is 17.6 Å². The number of carbonyl (C=O) groups is 2. The molecule has 2 atom stereocenters. The molecule has 4 nitrogen and oxygen atoms in total. The summed E-state index contributed by atoms with van der Waals surface area (Å²) in [6.07, 6.45) is 1.08. The molecule has 2 amide bonds. The highest BCUT2D eigenvalue weighted by Gasteiger charge is 2.27. The van der Waals surface area contributed by atoms with Crippen LogP contribution >= 0.6 is 11.6 Å².